The molecule has 272 valence electrons. The summed E-state index contributed by atoms with van der Waals surface area (Å²) in [4.78, 5) is 0. The maximum Gasteiger partial charge on any atom is 0.187 e. The van der Waals surface area contributed by atoms with E-state index in [1.807, 2.05) is 0 Å². The number of aliphatic hydroxyl groups excluding tert-OH is 16. The Morgan fingerprint density at radius 1 is 0.370 bits per heavy atom. The molecule has 0 spiro atoms. The van der Waals surface area contributed by atoms with Crippen LogP contribution in [0, 0.1) is 0 Å². The summed E-state index contributed by atoms with van der Waals surface area (Å²) >= 11 is 0. The summed E-state index contributed by atoms with van der Waals surface area (Å²) in [5.41, 5.74) is 0. The van der Waals surface area contributed by atoms with Crippen molar-refractivity contribution in [2.24, 2.45) is 0 Å². The van der Waals surface area contributed by atoms with Gasteiger partial charge in [0.15, 0.2) is 25.2 Å². The van der Waals surface area contributed by atoms with Gasteiger partial charge >= 0.3 is 0 Å². The van der Waals surface area contributed by atoms with E-state index in [1.54, 1.807) is 0 Å². The van der Waals surface area contributed by atoms with Crippen LogP contribution in [0.2, 0.25) is 0 Å². The lowest BCUT2D eigenvalue weighted by Gasteiger charge is -2.45. The average molecular weight is 685 g/mol. The first-order valence-corrected chi connectivity index (χ1v) is 14.2. The lowest BCUT2D eigenvalue weighted by atomic mass is 9.97. The van der Waals surface area contributed by atoms with Gasteiger partial charge in [0.25, 0.3) is 0 Å². The van der Waals surface area contributed by atoms with E-state index in [-0.39, 0.29) is 0 Å². The van der Waals surface area contributed by atoms with Gasteiger partial charge in [-0.15, -0.1) is 0 Å². The Balaban J connectivity index is 0.000000250. The molecule has 22 nitrogen and oxygen atoms in total. The van der Waals surface area contributed by atoms with Gasteiger partial charge in [0, 0.05) is 0 Å². The van der Waals surface area contributed by atoms with E-state index in [2.05, 4.69) is 0 Å². The van der Waals surface area contributed by atoms with Crippen molar-refractivity contribution < 1.29 is 110 Å². The molecule has 4 saturated heterocycles. The number of aliphatic hydroxyl groups is 16. The van der Waals surface area contributed by atoms with Crippen molar-refractivity contribution in [1.29, 1.82) is 0 Å². The quantitative estimate of drug-likeness (QED) is 0.113. The maximum atomic E-state index is 9.94. The molecule has 20 atom stereocenters. The summed E-state index contributed by atoms with van der Waals surface area (Å²) in [6.45, 7) is -2.44. The predicted molar refractivity (Wildman–Crippen MR) is 137 cm³/mol. The van der Waals surface area contributed by atoms with E-state index < -0.39 is 149 Å². The van der Waals surface area contributed by atoms with Crippen LogP contribution >= 0.6 is 0 Å². The fourth-order valence-electron chi connectivity index (χ4n) is 5.03. The van der Waals surface area contributed by atoms with Crippen LogP contribution < -0.4 is 0 Å². The largest absolute Gasteiger partial charge is 0.394 e. The standard InChI is InChI=1S/2C12H22O11/c13-1-3-5(15)6(16)9(19)12(22-3)23-10-4(2-14)21-11(20)8(18)7(10)17;13-1-3-5(14)8(17)10(19)12(23-3)21-2-4-6(15)7(16)9(18)11(20)22-4/h2*3-20H,1-2H2/t3-,4-,5-,6+,7-,8-,9-,10-,11-,12+;3-,4-,5+,6-,7+,8+,9-,10-,11-,12+/m11/s1. The van der Waals surface area contributed by atoms with Crippen LogP contribution in [-0.4, -0.2) is 231 Å². The fourth-order valence-corrected chi connectivity index (χ4v) is 5.03. The lowest BCUT2D eigenvalue weighted by molar-refractivity contribution is -0.355. The monoisotopic (exact) mass is 684 g/mol. The fraction of sp³-hybridized carbons (Fsp3) is 1.00. The highest BCUT2D eigenvalue weighted by atomic mass is 16.7. The molecule has 46 heavy (non-hydrogen) atoms. The Hall–Kier alpha value is -0.880. The normalized spacial score (nSPS) is 51.7. The van der Waals surface area contributed by atoms with Crippen molar-refractivity contribution in [3.8, 4) is 0 Å². The number of rotatable bonds is 8. The summed E-state index contributed by atoms with van der Waals surface area (Å²) < 4.78 is 30.4. The van der Waals surface area contributed by atoms with E-state index in [0.29, 0.717) is 0 Å². The Bertz CT molecular complexity index is 894. The molecule has 0 aromatic heterocycles. The van der Waals surface area contributed by atoms with E-state index in [1.165, 1.54) is 0 Å². The molecule has 0 saturated carbocycles. The highest BCUT2D eigenvalue weighted by Crippen LogP contribution is 2.29. The molecule has 4 fully saturated rings. The molecule has 0 amide bonds. The van der Waals surface area contributed by atoms with E-state index in [4.69, 9.17) is 38.6 Å². The molecule has 0 radical (unpaired) electrons. The molecule has 4 heterocycles. The molecule has 0 aromatic rings. The van der Waals surface area contributed by atoms with Gasteiger partial charge in [-0.05, 0) is 0 Å². The van der Waals surface area contributed by atoms with Gasteiger partial charge in [-0.3, -0.25) is 0 Å². The highest BCUT2D eigenvalue weighted by Gasteiger charge is 2.50. The van der Waals surface area contributed by atoms with Gasteiger partial charge in [0.05, 0.1) is 26.4 Å². The van der Waals surface area contributed by atoms with Crippen molar-refractivity contribution in [3.05, 3.63) is 0 Å². The third kappa shape index (κ3) is 8.64. The first kappa shape index (κ1) is 39.6. The first-order chi connectivity index (χ1) is 21.6. The van der Waals surface area contributed by atoms with Gasteiger partial charge in [-0.25, -0.2) is 0 Å². The second kappa shape index (κ2) is 17.2. The summed E-state index contributed by atoms with van der Waals surface area (Å²) in [6.07, 6.45) is -30.9. The van der Waals surface area contributed by atoms with Gasteiger partial charge in [-0.2, -0.15) is 0 Å². The number of hydrogen-bond donors (Lipinski definition) is 16. The Labute approximate surface area is 260 Å². The summed E-state index contributed by atoms with van der Waals surface area (Å²) in [5.74, 6) is 0. The van der Waals surface area contributed by atoms with Crippen LogP contribution in [0.4, 0.5) is 0 Å². The second-order valence-corrected chi connectivity index (χ2v) is 11.1. The van der Waals surface area contributed by atoms with E-state index in [0.717, 1.165) is 0 Å². The van der Waals surface area contributed by atoms with Gasteiger partial charge in [-0.1, -0.05) is 0 Å². The first-order valence-electron chi connectivity index (χ1n) is 14.2. The minimum atomic E-state index is -1.74. The van der Waals surface area contributed by atoms with Crippen LogP contribution in [0.25, 0.3) is 0 Å². The van der Waals surface area contributed by atoms with Crippen LogP contribution in [0.1, 0.15) is 0 Å². The highest BCUT2D eigenvalue weighted by molar-refractivity contribution is 4.94. The van der Waals surface area contributed by atoms with Crippen LogP contribution in [-0.2, 0) is 28.4 Å². The predicted octanol–water partition coefficient (Wildman–Crippen LogP) is -10.8. The average Bonchev–Trinajstić information content (AvgIpc) is 3.04. The van der Waals surface area contributed by atoms with Gasteiger partial charge in [0.2, 0.25) is 0 Å². The maximum absolute atomic E-state index is 9.94. The summed E-state index contributed by atoms with van der Waals surface area (Å²) in [6, 6.07) is 0. The van der Waals surface area contributed by atoms with Crippen molar-refractivity contribution in [2.45, 2.75) is 123 Å². The number of ether oxygens (including phenoxy) is 6. The Morgan fingerprint density at radius 2 is 0.761 bits per heavy atom. The third-order valence-electron chi connectivity index (χ3n) is 7.94. The summed E-state index contributed by atoms with van der Waals surface area (Å²) in [5, 5.41) is 153. The molecule has 4 rings (SSSR count). The Kier molecular flexibility index (Phi) is 14.8. The van der Waals surface area contributed by atoms with E-state index >= 15 is 0 Å². The topological polar surface area (TPSA) is 379 Å². The minimum Gasteiger partial charge on any atom is -0.394 e. The second-order valence-electron chi connectivity index (χ2n) is 11.1. The zero-order valence-electron chi connectivity index (χ0n) is 24.0. The van der Waals surface area contributed by atoms with Crippen LogP contribution in [0.15, 0.2) is 0 Å². The molecular weight excluding hydrogens is 640 g/mol. The Morgan fingerprint density at radius 3 is 1.26 bits per heavy atom. The van der Waals surface area contributed by atoms with Gasteiger partial charge in [0.1, 0.15) is 97.7 Å². The van der Waals surface area contributed by atoms with Crippen molar-refractivity contribution >= 4 is 0 Å². The minimum absolute atomic E-state index is 0.468. The number of hydrogen-bond acceptors (Lipinski definition) is 22. The molecule has 0 aliphatic carbocycles. The molecular formula is C24H44O22. The molecule has 0 bridgehead atoms. The molecule has 16 N–H and O–H groups in total. The molecule has 0 aromatic carbocycles. The van der Waals surface area contributed by atoms with E-state index in [9.17, 15) is 71.5 Å². The smallest absolute Gasteiger partial charge is 0.187 e. The zero-order chi connectivity index (χ0) is 34.6. The van der Waals surface area contributed by atoms with Crippen molar-refractivity contribution in [1.82, 2.24) is 0 Å². The van der Waals surface area contributed by atoms with Crippen molar-refractivity contribution in [3.63, 3.8) is 0 Å². The summed E-state index contributed by atoms with van der Waals surface area (Å²) in [7, 11) is 0. The molecule has 4 aliphatic heterocycles. The van der Waals surface area contributed by atoms with Gasteiger partial charge < -0.3 is 110 Å². The third-order valence-corrected chi connectivity index (χ3v) is 7.94. The molecule has 4 aliphatic rings. The SMILES string of the molecule is OC[C@H]1O[C@@H](O[C@H]2[C@H](O)[C@@H](O)[C@H](O)O[C@@H]2CO)[C@H](O)[C@@H](O)[C@@H]1O.OC[C@H]1O[C@H](OC[C@H]2O[C@@H](O)[C@H](O)[C@@H](O)[C@@H]2O)[C@H](O)[C@@H](O)[C@H]1O. The molecule has 22 heteroatoms. The molecule has 0 unspecified atom stereocenters. The lowest BCUT2D eigenvalue weighted by Crippen LogP contribution is -2.64. The van der Waals surface area contributed by atoms with Crippen LogP contribution in [0.5, 0.6) is 0 Å². The van der Waals surface area contributed by atoms with Crippen LogP contribution in [0.3, 0.4) is 0 Å². The van der Waals surface area contributed by atoms with Crippen molar-refractivity contribution in [2.75, 3.05) is 26.4 Å². The zero-order valence-corrected chi connectivity index (χ0v) is 24.0.